The maximum Gasteiger partial charge on any atom is 0.238 e. The van der Waals surface area contributed by atoms with Crippen molar-refractivity contribution in [2.45, 2.75) is 6.54 Å². The van der Waals surface area contributed by atoms with Gasteiger partial charge in [-0.3, -0.25) is 0 Å². The van der Waals surface area contributed by atoms with Crippen LogP contribution in [-0.4, -0.2) is 10.8 Å². The molecule has 0 aliphatic carbocycles. The van der Waals surface area contributed by atoms with E-state index in [9.17, 15) is 9.65 Å². The van der Waals surface area contributed by atoms with Gasteiger partial charge in [-0.1, -0.05) is 91.0 Å². The van der Waals surface area contributed by atoms with E-state index in [2.05, 4.69) is 15.6 Å². The van der Waals surface area contributed by atoms with Gasteiger partial charge in [0, 0.05) is 46.5 Å². The van der Waals surface area contributed by atoms with Gasteiger partial charge in [0.15, 0.2) is 0 Å². The predicted octanol–water partition coefficient (Wildman–Crippen LogP) is 8.38. The summed E-state index contributed by atoms with van der Waals surface area (Å²) in [6.07, 6.45) is 3.76. The minimum absolute atomic E-state index is 0.254. The molecule has 6 rings (SSSR count). The number of aliphatic imine (C=N–C) groups is 1. The number of hydrogen-bond acceptors (Lipinski definition) is 3. The van der Waals surface area contributed by atoms with Crippen molar-refractivity contribution < 1.29 is 8.81 Å². The molecule has 2 aromatic heterocycles. The van der Waals surface area contributed by atoms with Crippen LogP contribution < -0.4 is 0 Å². The van der Waals surface area contributed by atoms with Crippen LogP contribution in [0.15, 0.2) is 125 Å². The molecule has 0 spiro atoms. The second kappa shape index (κ2) is 10.0. The highest BCUT2D eigenvalue weighted by atomic mass is 19.1. The second-order valence-electron chi connectivity index (χ2n) is 8.94. The third kappa shape index (κ3) is 4.40. The average molecular weight is 496 g/mol. The number of nitriles is 1. The molecule has 0 aliphatic heterocycles. The van der Waals surface area contributed by atoms with Crippen LogP contribution >= 0.6 is 0 Å². The van der Waals surface area contributed by atoms with Crippen molar-refractivity contribution in [1.29, 1.82) is 5.26 Å². The second-order valence-corrected chi connectivity index (χ2v) is 8.94. The Bertz CT molecular complexity index is 1790. The molecule has 4 nitrogen and oxygen atoms in total. The van der Waals surface area contributed by atoms with E-state index in [-0.39, 0.29) is 11.7 Å². The van der Waals surface area contributed by atoms with Crippen molar-refractivity contribution in [3.05, 3.63) is 138 Å². The molecule has 5 heteroatoms. The number of hydrogen-bond donors (Lipinski definition) is 0. The number of halogens is 1. The number of para-hydroxylation sites is 1. The first-order valence-electron chi connectivity index (χ1n) is 12.3. The quantitative estimate of drug-likeness (QED) is 0.218. The van der Waals surface area contributed by atoms with E-state index in [1.165, 1.54) is 12.1 Å². The molecule has 0 fully saturated rings. The Labute approximate surface area is 219 Å². The first-order valence-corrected chi connectivity index (χ1v) is 12.3. The van der Waals surface area contributed by atoms with Gasteiger partial charge in [0.25, 0.3) is 0 Å². The minimum atomic E-state index is -0.254. The number of fused-ring (bicyclic) bond motifs is 1. The normalized spacial score (nSPS) is 11.3. The Morgan fingerprint density at radius 2 is 1.47 bits per heavy atom. The van der Waals surface area contributed by atoms with Crippen molar-refractivity contribution in [2.24, 2.45) is 4.99 Å². The maximum absolute atomic E-state index is 13.4. The summed E-state index contributed by atoms with van der Waals surface area (Å²) in [7, 11) is 0. The maximum atomic E-state index is 13.4. The number of furan rings is 1. The van der Waals surface area contributed by atoms with Crippen molar-refractivity contribution in [3.8, 4) is 28.5 Å². The third-order valence-electron chi connectivity index (χ3n) is 6.51. The Morgan fingerprint density at radius 3 is 2.18 bits per heavy atom. The Morgan fingerprint density at radius 1 is 0.816 bits per heavy atom. The molecule has 0 atom stereocenters. The van der Waals surface area contributed by atoms with Gasteiger partial charge in [-0.15, -0.1) is 0 Å². The fourth-order valence-electron chi connectivity index (χ4n) is 4.71. The molecule has 0 saturated heterocycles. The lowest BCUT2D eigenvalue weighted by molar-refractivity contribution is 0.593. The highest BCUT2D eigenvalue weighted by Gasteiger charge is 2.22. The highest BCUT2D eigenvalue weighted by molar-refractivity contribution is 6.00. The topological polar surface area (TPSA) is 54.2 Å². The summed E-state index contributed by atoms with van der Waals surface area (Å²) < 4.78 is 21.8. The molecule has 4 aromatic carbocycles. The van der Waals surface area contributed by atoms with Gasteiger partial charge < -0.3 is 8.98 Å². The molecule has 2 heterocycles. The standard InChI is InChI=1S/C33H22FN3O/c34-27-17-15-23(16-18-27)21-37-22-26(28-13-7-8-14-30(28)37)20-36-33-29(19-35)31(24-9-3-1-4-10-24)32(38-33)25-11-5-2-6-12-25/h1-18,20,22H,21H2. The van der Waals surface area contributed by atoms with E-state index in [1.807, 2.05) is 91.1 Å². The zero-order chi connectivity index (χ0) is 25.9. The van der Waals surface area contributed by atoms with Crippen LogP contribution in [0.5, 0.6) is 0 Å². The van der Waals surface area contributed by atoms with E-state index in [0.717, 1.165) is 38.7 Å². The van der Waals surface area contributed by atoms with Gasteiger partial charge in [0.1, 0.15) is 23.2 Å². The van der Waals surface area contributed by atoms with Crippen molar-refractivity contribution in [1.82, 2.24) is 4.57 Å². The van der Waals surface area contributed by atoms with Gasteiger partial charge >= 0.3 is 0 Å². The monoisotopic (exact) mass is 495 g/mol. The largest absolute Gasteiger partial charge is 0.436 e. The summed E-state index contributed by atoms with van der Waals surface area (Å²) >= 11 is 0. The molecular formula is C33H22FN3O. The third-order valence-corrected chi connectivity index (χ3v) is 6.51. The van der Waals surface area contributed by atoms with E-state index < -0.39 is 0 Å². The van der Waals surface area contributed by atoms with Crippen LogP contribution in [-0.2, 0) is 6.54 Å². The van der Waals surface area contributed by atoms with Crippen LogP contribution in [0, 0.1) is 17.1 Å². The van der Waals surface area contributed by atoms with Crippen molar-refractivity contribution >= 4 is 23.0 Å². The highest BCUT2D eigenvalue weighted by Crippen LogP contribution is 2.42. The van der Waals surface area contributed by atoms with Crippen LogP contribution in [0.1, 0.15) is 16.7 Å². The Kier molecular flexibility index (Phi) is 6.13. The molecule has 38 heavy (non-hydrogen) atoms. The van der Waals surface area contributed by atoms with E-state index in [4.69, 9.17) is 4.42 Å². The molecule has 6 aromatic rings. The first-order chi connectivity index (χ1) is 18.7. The van der Waals surface area contributed by atoms with Crippen LogP contribution in [0.2, 0.25) is 0 Å². The van der Waals surface area contributed by atoms with Gasteiger partial charge in [-0.2, -0.15) is 5.26 Å². The fourth-order valence-corrected chi connectivity index (χ4v) is 4.71. The summed E-state index contributed by atoms with van der Waals surface area (Å²) in [6.45, 7) is 0.592. The number of aromatic nitrogens is 1. The summed E-state index contributed by atoms with van der Waals surface area (Å²) in [5, 5.41) is 11.2. The number of rotatable bonds is 6. The summed E-state index contributed by atoms with van der Waals surface area (Å²) in [5.41, 5.74) is 5.81. The molecule has 0 saturated carbocycles. The van der Waals surface area contributed by atoms with Crippen LogP contribution in [0.4, 0.5) is 10.3 Å². The fraction of sp³-hybridized carbons (Fsp3) is 0.0303. The SMILES string of the molecule is N#Cc1c(N=Cc2cn(Cc3ccc(F)cc3)c3ccccc23)oc(-c2ccccc2)c1-c1ccccc1. The molecule has 182 valence electrons. The summed E-state index contributed by atoms with van der Waals surface area (Å²) in [4.78, 5) is 4.68. The average Bonchev–Trinajstić information content (AvgIpc) is 3.52. The van der Waals surface area contributed by atoms with E-state index in [0.29, 0.717) is 17.9 Å². The van der Waals surface area contributed by atoms with Gasteiger partial charge in [-0.05, 0) is 29.3 Å². The van der Waals surface area contributed by atoms with Crippen LogP contribution in [0.25, 0.3) is 33.4 Å². The minimum Gasteiger partial charge on any atom is -0.436 e. The Hall–Kier alpha value is -5.21. The summed E-state index contributed by atoms with van der Waals surface area (Å²) in [5.74, 6) is 0.621. The molecule has 0 amide bonds. The number of nitrogens with zero attached hydrogens (tertiary/aromatic N) is 3. The zero-order valence-corrected chi connectivity index (χ0v) is 20.4. The number of benzene rings is 4. The van der Waals surface area contributed by atoms with E-state index in [1.54, 1.807) is 18.3 Å². The smallest absolute Gasteiger partial charge is 0.238 e. The lowest BCUT2D eigenvalue weighted by Gasteiger charge is -2.05. The van der Waals surface area contributed by atoms with Gasteiger partial charge in [0.05, 0.1) is 0 Å². The predicted molar refractivity (Wildman–Crippen MR) is 149 cm³/mol. The lowest BCUT2D eigenvalue weighted by atomic mass is 9.98. The van der Waals surface area contributed by atoms with Gasteiger partial charge in [-0.25, -0.2) is 9.38 Å². The molecule has 0 N–H and O–H groups in total. The Balaban J connectivity index is 1.44. The lowest BCUT2D eigenvalue weighted by Crippen LogP contribution is -1.97. The molecule has 0 bridgehead atoms. The molecule has 0 radical (unpaired) electrons. The van der Waals surface area contributed by atoms with E-state index >= 15 is 0 Å². The first kappa shape index (κ1) is 23.2. The molecular weight excluding hydrogens is 473 g/mol. The summed E-state index contributed by atoms with van der Waals surface area (Å²) in [6, 6.07) is 36.4. The molecule has 0 aliphatic rings. The molecule has 0 unspecified atom stereocenters. The van der Waals surface area contributed by atoms with Gasteiger partial charge in [0.2, 0.25) is 5.88 Å². The zero-order valence-electron chi connectivity index (χ0n) is 20.4. The van der Waals surface area contributed by atoms with Crippen molar-refractivity contribution in [2.75, 3.05) is 0 Å². The van der Waals surface area contributed by atoms with Crippen LogP contribution in [0.3, 0.4) is 0 Å². The van der Waals surface area contributed by atoms with Crippen molar-refractivity contribution in [3.63, 3.8) is 0 Å².